The van der Waals surface area contributed by atoms with Crippen LogP contribution in [-0.4, -0.2) is 174 Å². The first-order chi connectivity index (χ1) is 34.2. The summed E-state index contributed by atoms with van der Waals surface area (Å²) >= 11 is 0. The molecule has 22 heteroatoms. The van der Waals surface area contributed by atoms with Crippen molar-refractivity contribution in [2.24, 2.45) is 0 Å². The highest BCUT2D eigenvalue weighted by Crippen LogP contribution is 2.57. The Balaban J connectivity index is 1.14. The van der Waals surface area contributed by atoms with Crippen molar-refractivity contribution in [2.75, 3.05) is 27.3 Å². The zero-order chi connectivity index (χ0) is 51.8. The number of likely N-dealkylation sites (N-methyl/N-ethyl adjacent to an activating group) is 1. The SMILES string of the molecule is COc1cc(O)c2c(c1)C(=O)c1c(cc3c(c1O)-c1c(cc(C)c(C(=O)N4CCC[C@@H]4C(=O)O)c1O)[C@H](O[C@@H]1O[C@H](C)[C@H](N(C)C(=O)OCc4ccccc4)[C@H](O[C@@H]4OC[C@@H](O)[C@H](O)[C@H]4O)[C@H]1O)[C@H]3O)C2=O. The maximum absolute atomic E-state index is 14.4. The molecule has 5 aliphatic rings. The van der Waals surface area contributed by atoms with Crippen LogP contribution in [0.15, 0.2) is 54.6 Å². The number of phenols is 3. The van der Waals surface area contributed by atoms with Crippen molar-refractivity contribution in [1.82, 2.24) is 9.80 Å². The summed E-state index contributed by atoms with van der Waals surface area (Å²) in [6, 6.07) is 10.9. The van der Waals surface area contributed by atoms with Crippen LogP contribution in [0.25, 0.3) is 11.1 Å². The van der Waals surface area contributed by atoms with Crippen LogP contribution < -0.4 is 4.74 Å². The van der Waals surface area contributed by atoms with E-state index in [1.807, 2.05) is 0 Å². The Hall–Kier alpha value is -6.73. The number of aromatic hydroxyl groups is 3. The van der Waals surface area contributed by atoms with Gasteiger partial charge in [-0.15, -0.1) is 0 Å². The number of fused-ring (bicyclic) bond motifs is 5. The molecule has 22 nitrogen and oxygen atoms in total. The quantitative estimate of drug-likeness (QED) is 0.0965. The Morgan fingerprint density at radius 3 is 2.19 bits per heavy atom. The lowest BCUT2D eigenvalue weighted by Gasteiger charge is -2.49. The minimum absolute atomic E-state index is 0.000721. The molecule has 3 fully saturated rings. The van der Waals surface area contributed by atoms with Gasteiger partial charge >= 0.3 is 12.1 Å². The molecule has 4 aromatic carbocycles. The highest BCUT2D eigenvalue weighted by molar-refractivity contribution is 6.31. The highest BCUT2D eigenvalue weighted by Gasteiger charge is 2.53. The highest BCUT2D eigenvalue weighted by atomic mass is 16.7. The van der Waals surface area contributed by atoms with E-state index < -0.39 is 160 Å². The molecule has 0 unspecified atom stereocenters. The molecule has 0 saturated carbocycles. The van der Waals surface area contributed by atoms with Gasteiger partial charge in [-0.2, -0.15) is 0 Å². The van der Waals surface area contributed by atoms with E-state index in [1.54, 1.807) is 30.3 Å². The van der Waals surface area contributed by atoms with Crippen molar-refractivity contribution in [3.8, 4) is 34.1 Å². The minimum Gasteiger partial charge on any atom is -0.507 e. The van der Waals surface area contributed by atoms with Gasteiger partial charge in [0.1, 0.15) is 78.4 Å². The van der Waals surface area contributed by atoms with E-state index in [1.165, 1.54) is 40.1 Å². The molecule has 4 aromatic rings. The van der Waals surface area contributed by atoms with Crippen molar-refractivity contribution in [3.05, 3.63) is 105 Å². The second-order valence-electron chi connectivity index (χ2n) is 18.4. The summed E-state index contributed by atoms with van der Waals surface area (Å²) in [6.07, 6.45) is -17.8. The molecule has 3 saturated heterocycles. The predicted molar refractivity (Wildman–Crippen MR) is 243 cm³/mol. The molecule has 72 heavy (non-hydrogen) atoms. The number of carboxylic acids is 1. The number of benzene rings is 4. The number of rotatable bonds is 10. The fourth-order valence-corrected chi connectivity index (χ4v) is 10.4. The summed E-state index contributed by atoms with van der Waals surface area (Å²) in [6.45, 7) is 2.25. The molecule has 9 rings (SSSR count). The lowest BCUT2D eigenvalue weighted by molar-refractivity contribution is -0.344. The summed E-state index contributed by atoms with van der Waals surface area (Å²) in [5, 5.41) is 102. The predicted octanol–water partition coefficient (Wildman–Crippen LogP) is 1.92. The molecule has 382 valence electrons. The van der Waals surface area contributed by atoms with Crippen LogP contribution in [0.3, 0.4) is 0 Å². The van der Waals surface area contributed by atoms with Crippen LogP contribution in [0, 0.1) is 6.92 Å². The number of aliphatic hydroxyl groups is 5. The van der Waals surface area contributed by atoms with E-state index in [0.717, 1.165) is 21.9 Å². The van der Waals surface area contributed by atoms with Gasteiger partial charge in [0.2, 0.25) is 0 Å². The third-order valence-electron chi connectivity index (χ3n) is 14.1. The topological polar surface area (TPSA) is 329 Å². The van der Waals surface area contributed by atoms with Gasteiger partial charge in [0.15, 0.2) is 24.1 Å². The maximum atomic E-state index is 14.4. The first kappa shape index (κ1) is 50.2. The zero-order valence-electron chi connectivity index (χ0n) is 39.1. The van der Waals surface area contributed by atoms with Crippen LogP contribution >= 0.6 is 0 Å². The molecule has 12 atom stereocenters. The number of carboxylic acid groups (broad SMARTS) is 1. The molecule has 2 amide bonds. The summed E-state index contributed by atoms with van der Waals surface area (Å²) in [4.78, 5) is 71.0. The first-order valence-electron chi connectivity index (χ1n) is 23.0. The molecule has 0 bridgehead atoms. The molecular weight excluding hydrogens is 949 g/mol. The standard InChI is InChI=1S/C50H52N2O20/c1-19-13-26-33(40(59)30(19)46(63)52-12-8-11-27(52)47(64)65)32-24(16-25-34(41(32)60)37(56)23-14-22(67-4)15-28(53)31(23)36(25)55)38(57)44(26)71-49-43(62)45(72-48-42(61)39(58)29(54)18-68-48)35(20(2)70-49)51(3)50(66)69-17-21-9-6-5-7-10-21/h5-7,9-10,13-16,20,27,29,35,38-39,42-45,48-49,53-54,57-62H,8,11-12,17-18H2,1-4H3,(H,64,65)/t20-,27-,29-,35+,38+,39+,42-,43-,44+,45+,48+,49+/m1/s1. The van der Waals surface area contributed by atoms with Crippen LogP contribution in [0.5, 0.6) is 23.0 Å². The van der Waals surface area contributed by atoms with Crippen LogP contribution in [0.4, 0.5) is 4.79 Å². The average Bonchev–Trinajstić information content (AvgIpc) is 3.86. The summed E-state index contributed by atoms with van der Waals surface area (Å²) in [5.41, 5.74) is -2.87. The number of ether oxygens (including phenoxy) is 6. The Kier molecular flexibility index (Phi) is 13.5. The number of likely N-dealkylation sites (tertiary alicyclic amines) is 1. The number of amides is 2. The number of carbonyl (C=O) groups is 5. The fraction of sp³-hybridized carbons (Fsp3) is 0.420. The third kappa shape index (κ3) is 8.36. The molecule has 0 radical (unpaired) electrons. The number of nitrogens with zero attached hydrogens (tertiary/aromatic N) is 2. The number of ketones is 2. The molecule has 0 spiro atoms. The average molecular weight is 1000 g/mol. The number of hydrogen-bond acceptors (Lipinski definition) is 19. The van der Waals surface area contributed by atoms with E-state index in [2.05, 4.69) is 0 Å². The molecule has 0 aromatic heterocycles. The van der Waals surface area contributed by atoms with Gasteiger partial charge in [0, 0.05) is 41.9 Å². The number of aryl methyl sites for hydroxylation is 1. The number of methoxy groups -OCH3 is 1. The van der Waals surface area contributed by atoms with Gasteiger partial charge in [-0.3, -0.25) is 14.4 Å². The van der Waals surface area contributed by atoms with Crippen molar-refractivity contribution < 1.29 is 98.4 Å². The number of aliphatic hydroxyl groups excluding tert-OH is 5. The third-order valence-corrected chi connectivity index (χ3v) is 14.1. The lowest BCUT2D eigenvalue weighted by Crippen LogP contribution is -2.66. The van der Waals surface area contributed by atoms with E-state index in [-0.39, 0.29) is 47.6 Å². The number of phenolic OH excluding ortho intramolecular Hbond substituents is 3. The van der Waals surface area contributed by atoms with Gasteiger partial charge in [0.25, 0.3) is 5.91 Å². The van der Waals surface area contributed by atoms with Gasteiger partial charge in [-0.1, -0.05) is 36.4 Å². The van der Waals surface area contributed by atoms with Crippen molar-refractivity contribution in [3.63, 3.8) is 0 Å². The van der Waals surface area contributed by atoms with Crippen molar-refractivity contribution >= 4 is 29.5 Å². The Bertz CT molecular complexity index is 2860. The second-order valence-corrected chi connectivity index (χ2v) is 18.4. The first-order valence-corrected chi connectivity index (χ1v) is 23.0. The second kappa shape index (κ2) is 19.4. The van der Waals surface area contributed by atoms with Crippen molar-refractivity contribution in [2.45, 2.75) is 107 Å². The van der Waals surface area contributed by atoms with Crippen LogP contribution in [-0.2, 0) is 35.1 Å². The van der Waals surface area contributed by atoms with Gasteiger partial charge in [-0.05, 0) is 61.1 Å². The van der Waals surface area contributed by atoms with Crippen LogP contribution in [0.2, 0.25) is 0 Å². The Morgan fingerprint density at radius 2 is 1.50 bits per heavy atom. The molecule has 2 aliphatic carbocycles. The fourth-order valence-electron chi connectivity index (χ4n) is 10.4. The number of aliphatic carboxylic acids is 1. The lowest BCUT2D eigenvalue weighted by atomic mass is 9.74. The number of carbonyl (C=O) groups excluding carboxylic acids is 4. The summed E-state index contributed by atoms with van der Waals surface area (Å²) in [5.74, 6) is -6.48. The summed E-state index contributed by atoms with van der Waals surface area (Å²) < 4.78 is 35.2. The molecule has 3 aliphatic heterocycles. The normalized spacial score (nSPS) is 28.6. The van der Waals surface area contributed by atoms with E-state index in [4.69, 9.17) is 28.4 Å². The monoisotopic (exact) mass is 1000 g/mol. The van der Waals surface area contributed by atoms with Gasteiger partial charge in [0.05, 0.1) is 42.6 Å². The number of hydrogen-bond donors (Lipinski definition) is 9. The van der Waals surface area contributed by atoms with Gasteiger partial charge < -0.3 is 84.2 Å². The van der Waals surface area contributed by atoms with Gasteiger partial charge in [-0.25, -0.2) is 9.59 Å². The van der Waals surface area contributed by atoms with E-state index >= 15 is 0 Å². The zero-order valence-corrected chi connectivity index (χ0v) is 39.1. The summed E-state index contributed by atoms with van der Waals surface area (Å²) in [7, 11) is 2.59. The molecule has 9 N–H and O–H groups in total. The van der Waals surface area contributed by atoms with E-state index in [9.17, 15) is 69.9 Å². The molecular formula is C50H52N2O20. The Morgan fingerprint density at radius 1 is 0.819 bits per heavy atom. The van der Waals surface area contributed by atoms with Crippen molar-refractivity contribution in [1.29, 1.82) is 0 Å². The van der Waals surface area contributed by atoms with E-state index in [0.29, 0.717) is 12.0 Å². The Labute approximate surface area is 409 Å². The van der Waals surface area contributed by atoms with Crippen LogP contribution in [0.1, 0.15) is 96.4 Å². The minimum atomic E-state index is -2.00. The molecule has 3 heterocycles. The largest absolute Gasteiger partial charge is 0.507 e. The smallest absolute Gasteiger partial charge is 0.410 e. The maximum Gasteiger partial charge on any atom is 0.410 e.